The molecule has 0 radical (unpaired) electrons. The first kappa shape index (κ1) is 23.2. The van der Waals surface area contributed by atoms with E-state index in [-0.39, 0.29) is 11.4 Å². The van der Waals surface area contributed by atoms with Crippen LogP contribution in [0, 0.1) is 17.0 Å². The Labute approximate surface area is 188 Å². The predicted octanol–water partition coefficient (Wildman–Crippen LogP) is 2.98. The second kappa shape index (κ2) is 9.77. The van der Waals surface area contributed by atoms with Crippen molar-refractivity contribution in [3.05, 3.63) is 92.4 Å². The molecule has 170 valence electrons. The van der Waals surface area contributed by atoms with Gasteiger partial charge in [0.05, 0.1) is 16.3 Å². The van der Waals surface area contributed by atoms with Crippen molar-refractivity contribution in [2.45, 2.75) is 20.0 Å². The number of hydrogen-bond donors (Lipinski definition) is 1. The highest BCUT2D eigenvalue weighted by molar-refractivity contribution is 5.97. The minimum Gasteiger partial charge on any atom is -0.449 e. The van der Waals surface area contributed by atoms with E-state index < -0.39 is 28.5 Å². The van der Waals surface area contributed by atoms with Crippen LogP contribution in [0.2, 0.25) is 0 Å². The number of nitrogens with one attached hydrogen (secondary N) is 1. The average molecular weight is 450 g/mol. The van der Waals surface area contributed by atoms with Gasteiger partial charge >= 0.3 is 5.97 Å². The van der Waals surface area contributed by atoms with Gasteiger partial charge in [-0.15, -0.1) is 0 Å². The van der Waals surface area contributed by atoms with Crippen LogP contribution in [0.4, 0.5) is 11.4 Å². The Bertz CT molecular complexity index is 1270. The lowest BCUT2D eigenvalue weighted by Crippen LogP contribution is -2.31. The topological polar surface area (TPSA) is 125 Å². The Morgan fingerprint density at radius 1 is 1.12 bits per heavy atom. The first-order valence-corrected chi connectivity index (χ1v) is 9.97. The number of hydrogen-bond acceptors (Lipinski definition) is 6. The molecule has 0 bridgehead atoms. The van der Waals surface area contributed by atoms with Crippen LogP contribution in [0.1, 0.15) is 18.2 Å². The number of amides is 1. The van der Waals surface area contributed by atoms with Crippen LogP contribution in [-0.4, -0.2) is 32.3 Å². The maximum atomic E-state index is 12.9. The first-order valence-electron chi connectivity index (χ1n) is 9.97. The van der Waals surface area contributed by atoms with Crippen molar-refractivity contribution in [3.8, 4) is 5.69 Å². The molecule has 2 aromatic carbocycles. The quantitative estimate of drug-likeness (QED) is 0.255. The summed E-state index contributed by atoms with van der Waals surface area (Å²) in [6, 6.07) is 14.6. The van der Waals surface area contributed by atoms with E-state index in [1.54, 1.807) is 42.9 Å². The maximum Gasteiger partial charge on any atom is 0.331 e. The van der Waals surface area contributed by atoms with Gasteiger partial charge in [0.2, 0.25) is 0 Å². The fraction of sp³-hybridized carbons (Fsp3) is 0.174. The Morgan fingerprint density at radius 2 is 1.76 bits per heavy atom. The van der Waals surface area contributed by atoms with Gasteiger partial charge in [0.15, 0.2) is 6.10 Å². The Hall–Kier alpha value is -4.47. The number of nitrogens with zero attached hydrogens (tertiary/aromatic N) is 3. The zero-order chi connectivity index (χ0) is 24.1. The predicted molar refractivity (Wildman–Crippen MR) is 122 cm³/mol. The van der Waals surface area contributed by atoms with Gasteiger partial charge in [0.1, 0.15) is 5.69 Å². The number of carbonyl (C=O) groups excluding carboxylic acids is 2. The van der Waals surface area contributed by atoms with Crippen molar-refractivity contribution in [1.29, 1.82) is 0 Å². The van der Waals surface area contributed by atoms with Crippen LogP contribution >= 0.6 is 0 Å². The molecule has 1 amide bonds. The summed E-state index contributed by atoms with van der Waals surface area (Å²) in [5.74, 6) is -1.43. The molecule has 1 N–H and O–H groups in total. The van der Waals surface area contributed by atoms with E-state index in [2.05, 4.69) is 5.32 Å². The molecule has 33 heavy (non-hydrogen) atoms. The summed E-state index contributed by atoms with van der Waals surface area (Å²) in [4.78, 5) is 47.7. The molecule has 3 aromatic rings. The molecular weight excluding hydrogens is 428 g/mol. The molecule has 0 aliphatic rings. The zero-order valence-electron chi connectivity index (χ0n) is 18.2. The number of esters is 1. The standard InChI is InChI=1S/C23H22N4O6/c1-15-21(23(30)26(25(15)3)18-7-5-4-6-8-18)24-22(29)16(2)33-20(28)14-11-17-9-12-19(13-10-17)27(31)32/h4-14,16H,1-3H3,(H,24,29). The minimum absolute atomic E-state index is 0.0671. The molecule has 10 nitrogen and oxygen atoms in total. The average Bonchev–Trinajstić information content (AvgIpc) is 3.01. The molecule has 0 spiro atoms. The molecule has 0 saturated heterocycles. The molecule has 3 rings (SSSR count). The molecule has 1 atom stereocenters. The molecular formula is C23H22N4O6. The van der Waals surface area contributed by atoms with E-state index in [0.29, 0.717) is 16.9 Å². The fourth-order valence-electron chi connectivity index (χ4n) is 3.08. The lowest BCUT2D eigenvalue weighted by molar-refractivity contribution is -0.384. The monoisotopic (exact) mass is 450 g/mol. The largest absolute Gasteiger partial charge is 0.449 e. The number of para-hydroxylation sites is 1. The van der Waals surface area contributed by atoms with Gasteiger partial charge in [0.25, 0.3) is 17.2 Å². The highest BCUT2D eigenvalue weighted by atomic mass is 16.6. The third-order valence-electron chi connectivity index (χ3n) is 4.98. The van der Waals surface area contributed by atoms with Gasteiger partial charge in [-0.1, -0.05) is 18.2 Å². The van der Waals surface area contributed by atoms with Crippen LogP contribution in [-0.2, 0) is 21.4 Å². The minimum atomic E-state index is -1.16. The summed E-state index contributed by atoms with van der Waals surface area (Å²) >= 11 is 0. The Morgan fingerprint density at radius 3 is 2.36 bits per heavy atom. The van der Waals surface area contributed by atoms with Crippen LogP contribution in [0.25, 0.3) is 11.8 Å². The van der Waals surface area contributed by atoms with E-state index in [4.69, 9.17) is 4.74 Å². The van der Waals surface area contributed by atoms with Crippen LogP contribution < -0.4 is 10.9 Å². The lowest BCUT2D eigenvalue weighted by Gasteiger charge is -2.11. The highest BCUT2D eigenvalue weighted by Gasteiger charge is 2.22. The number of aromatic nitrogens is 2. The summed E-state index contributed by atoms with van der Waals surface area (Å²) < 4.78 is 8.15. The Balaban J connectivity index is 1.67. The number of nitro groups is 1. The van der Waals surface area contributed by atoms with Crippen LogP contribution in [0.3, 0.4) is 0 Å². The van der Waals surface area contributed by atoms with E-state index in [1.807, 2.05) is 6.07 Å². The molecule has 0 aliphatic heterocycles. The number of non-ortho nitro benzene ring substituents is 1. The zero-order valence-corrected chi connectivity index (χ0v) is 18.2. The number of anilines is 1. The number of rotatable bonds is 7. The third-order valence-corrected chi connectivity index (χ3v) is 4.98. The molecule has 0 saturated carbocycles. The van der Waals surface area contributed by atoms with Crippen LogP contribution in [0.15, 0.2) is 65.5 Å². The molecule has 10 heteroatoms. The van der Waals surface area contributed by atoms with E-state index in [1.165, 1.54) is 41.9 Å². The Kier molecular flexibility index (Phi) is 6.87. The fourth-order valence-corrected chi connectivity index (χ4v) is 3.08. The van der Waals surface area contributed by atoms with Crippen molar-refractivity contribution < 1.29 is 19.2 Å². The SMILES string of the molecule is Cc1c(NC(=O)C(C)OC(=O)C=Cc2ccc([N+](=O)[O-])cc2)c(=O)n(-c2ccccc2)n1C. The number of carbonyl (C=O) groups is 2. The van der Waals surface area contributed by atoms with Crippen molar-refractivity contribution in [1.82, 2.24) is 9.36 Å². The van der Waals surface area contributed by atoms with Gasteiger partial charge in [-0.2, -0.15) is 0 Å². The molecule has 1 unspecified atom stereocenters. The van der Waals surface area contributed by atoms with Crippen molar-refractivity contribution in [2.75, 3.05) is 5.32 Å². The number of nitro benzene ring substituents is 1. The summed E-state index contributed by atoms with van der Waals surface area (Å²) in [6.45, 7) is 3.08. The van der Waals surface area contributed by atoms with E-state index >= 15 is 0 Å². The third kappa shape index (κ3) is 5.24. The second-order valence-corrected chi connectivity index (χ2v) is 7.19. The molecule has 1 aromatic heterocycles. The lowest BCUT2D eigenvalue weighted by atomic mass is 10.2. The number of ether oxygens (including phenoxy) is 1. The van der Waals surface area contributed by atoms with Gasteiger partial charge in [-0.25, -0.2) is 9.48 Å². The second-order valence-electron chi connectivity index (χ2n) is 7.19. The summed E-state index contributed by atoms with van der Waals surface area (Å²) in [6.07, 6.45) is 1.36. The van der Waals surface area contributed by atoms with Gasteiger partial charge in [-0.05, 0) is 49.8 Å². The van der Waals surface area contributed by atoms with Crippen molar-refractivity contribution >= 4 is 29.3 Å². The maximum absolute atomic E-state index is 12.9. The molecule has 0 aliphatic carbocycles. The highest BCUT2D eigenvalue weighted by Crippen LogP contribution is 2.15. The summed E-state index contributed by atoms with van der Waals surface area (Å²) in [7, 11) is 1.70. The van der Waals surface area contributed by atoms with E-state index in [0.717, 1.165) is 6.08 Å². The molecule has 0 fully saturated rings. The van der Waals surface area contributed by atoms with Gasteiger partial charge < -0.3 is 10.1 Å². The van der Waals surface area contributed by atoms with Gasteiger partial charge in [0, 0.05) is 25.3 Å². The van der Waals surface area contributed by atoms with Gasteiger partial charge in [-0.3, -0.25) is 24.4 Å². The normalized spacial score (nSPS) is 11.8. The number of benzene rings is 2. The molecule has 1 heterocycles. The first-order chi connectivity index (χ1) is 15.7. The van der Waals surface area contributed by atoms with Crippen LogP contribution in [0.5, 0.6) is 0 Å². The smallest absolute Gasteiger partial charge is 0.331 e. The van der Waals surface area contributed by atoms with Crippen molar-refractivity contribution in [3.63, 3.8) is 0 Å². The van der Waals surface area contributed by atoms with E-state index in [9.17, 15) is 24.5 Å². The van der Waals surface area contributed by atoms with Crippen molar-refractivity contribution in [2.24, 2.45) is 7.05 Å². The summed E-state index contributed by atoms with van der Waals surface area (Å²) in [5, 5.41) is 13.2. The summed E-state index contributed by atoms with van der Waals surface area (Å²) in [5.41, 5.74) is 1.35.